The number of guanidine groups is 1. The molecule has 1 saturated heterocycles. The van der Waals surface area contributed by atoms with Gasteiger partial charge in [0.25, 0.3) is 0 Å². The summed E-state index contributed by atoms with van der Waals surface area (Å²) in [5.41, 5.74) is 2.24. The molecule has 1 saturated carbocycles. The predicted octanol–water partition coefficient (Wildman–Crippen LogP) is 3.69. The van der Waals surface area contributed by atoms with E-state index in [1.807, 2.05) is 4.90 Å². The normalized spacial score (nSPS) is 25.5. The van der Waals surface area contributed by atoms with E-state index in [-0.39, 0.29) is 40.9 Å². The van der Waals surface area contributed by atoms with Crippen LogP contribution in [0, 0.1) is 5.41 Å². The zero-order valence-electron chi connectivity index (χ0n) is 19.0. The number of benzene rings is 1. The van der Waals surface area contributed by atoms with Crippen LogP contribution in [0.1, 0.15) is 58.1 Å². The number of carbonyl (C=O) groups excluding carboxylic acids is 1. The van der Waals surface area contributed by atoms with E-state index in [2.05, 4.69) is 62.6 Å². The second-order valence-corrected chi connectivity index (χ2v) is 8.99. The fourth-order valence-corrected chi connectivity index (χ4v) is 4.30. The lowest BCUT2D eigenvalue weighted by Gasteiger charge is -2.59. The number of rotatable bonds is 7. The highest BCUT2D eigenvalue weighted by molar-refractivity contribution is 14.0. The molecular weight excluding hydrogens is 491 g/mol. The summed E-state index contributed by atoms with van der Waals surface area (Å²) >= 11 is 0. The predicted molar refractivity (Wildman–Crippen MR) is 132 cm³/mol. The minimum absolute atomic E-state index is 0. The first kappa shape index (κ1) is 24.9. The number of nitrogens with zero attached hydrogens (tertiary/aromatic N) is 2. The number of amides is 1. The number of likely N-dealkylation sites (tertiary alicyclic amines) is 1. The molecule has 6 nitrogen and oxygen atoms in total. The average molecular weight is 528 g/mol. The van der Waals surface area contributed by atoms with Crippen LogP contribution in [-0.2, 0) is 22.6 Å². The molecule has 2 fully saturated rings. The fourth-order valence-electron chi connectivity index (χ4n) is 4.30. The lowest BCUT2D eigenvalue weighted by Crippen LogP contribution is -2.69. The highest BCUT2D eigenvalue weighted by Gasteiger charge is 2.58. The van der Waals surface area contributed by atoms with Crippen LogP contribution < -0.4 is 10.6 Å². The van der Waals surface area contributed by atoms with Gasteiger partial charge in [-0.3, -0.25) is 4.79 Å². The van der Waals surface area contributed by atoms with Gasteiger partial charge in [0.1, 0.15) is 0 Å². The molecule has 0 spiro atoms. The van der Waals surface area contributed by atoms with Gasteiger partial charge in [-0.1, -0.05) is 38.1 Å². The van der Waals surface area contributed by atoms with Gasteiger partial charge in [0.2, 0.25) is 5.91 Å². The van der Waals surface area contributed by atoms with Crippen molar-refractivity contribution in [3.05, 3.63) is 35.4 Å². The van der Waals surface area contributed by atoms with Crippen molar-refractivity contribution >= 4 is 35.8 Å². The Hall–Kier alpha value is -1.35. The van der Waals surface area contributed by atoms with Gasteiger partial charge in [-0.25, -0.2) is 4.99 Å². The van der Waals surface area contributed by atoms with Crippen molar-refractivity contribution in [2.24, 2.45) is 10.4 Å². The van der Waals surface area contributed by atoms with Crippen LogP contribution in [0.5, 0.6) is 0 Å². The van der Waals surface area contributed by atoms with E-state index < -0.39 is 0 Å². The SMILES string of the molecule is CCNC(=NCc1cccc(CN2CCCC2=O)c1)NC1CC(C)(OC)C1(C)C.I. The largest absolute Gasteiger partial charge is 0.378 e. The van der Waals surface area contributed by atoms with Gasteiger partial charge >= 0.3 is 0 Å². The van der Waals surface area contributed by atoms with Crippen LogP contribution >= 0.6 is 24.0 Å². The van der Waals surface area contributed by atoms with Crippen molar-refractivity contribution in [3.63, 3.8) is 0 Å². The molecule has 2 N–H and O–H groups in total. The van der Waals surface area contributed by atoms with E-state index in [1.54, 1.807) is 7.11 Å². The Morgan fingerprint density at radius 1 is 1.30 bits per heavy atom. The molecule has 7 heteroatoms. The molecule has 1 amide bonds. The third kappa shape index (κ3) is 5.28. The van der Waals surface area contributed by atoms with Crippen molar-refractivity contribution in [1.29, 1.82) is 0 Å². The second kappa shape index (κ2) is 10.3. The number of nitrogens with one attached hydrogen (secondary N) is 2. The molecular formula is C23H37IN4O2. The van der Waals surface area contributed by atoms with Gasteiger partial charge in [0.05, 0.1) is 12.1 Å². The summed E-state index contributed by atoms with van der Waals surface area (Å²) < 4.78 is 5.74. The van der Waals surface area contributed by atoms with E-state index in [4.69, 9.17) is 9.73 Å². The maximum absolute atomic E-state index is 11.9. The van der Waals surface area contributed by atoms with Gasteiger partial charge in [-0.05, 0) is 37.8 Å². The molecule has 1 aliphatic heterocycles. The molecule has 1 heterocycles. The third-order valence-corrected chi connectivity index (χ3v) is 6.89. The number of ether oxygens (including phenoxy) is 1. The number of halogens is 1. The van der Waals surface area contributed by atoms with Gasteiger partial charge in [0, 0.05) is 44.6 Å². The Labute approximate surface area is 198 Å². The summed E-state index contributed by atoms with van der Waals surface area (Å²) in [6.07, 6.45) is 2.61. The molecule has 3 rings (SSSR count). The van der Waals surface area contributed by atoms with Crippen molar-refractivity contribution in [2.45, 2.75) is 71.7 Å². The summed E-state index contributed by atoms with van der Waals surface area (Å²) in [5.74, 6) is 1.10. The van der Waals surface area contributed by atoms with E-state index >= 15 is 0 Å². The standard InChI is InChI=1S/C23H36N4O2.HI/c1-6-24-21(26-19-14-23(4,29-5)22(19,2)3)25-15-17-9-7-10-18(13-17)16-27-12-8-11-20(27)28;/h7,9-10,13,19H,6,8,11-12,14-16H2,1-5H3,(H2,24,25,26);1H. The Morgan fingerprint density at radius 3 is 2.63 bits per heavy atom. The summed E-state index contributed by atoms with van der Waals surface area (Å²) in [7, 11) is 1.79. The third-order valence-electron chi connectivity index (χ3n) is 6.89. The lowest BCUT2D eigenvalue weighted by atomic mass is 9.56. The maximum atomic E-state index is 11.9. The van der Waals surface area contributed by atoms with Crippen molar-refractivity contribution in [2.75, 3.05) is 20.2 Å². The van der Waals surface area contributed by atoms with E-state index in [9.17, 15) is 4.79 Å². The van der Waals surface area contributed by atoms with Crippen LogP contribution in [0.4, 0.5) is 0 Å². The molecule has 2 atom stereocenters. The Balaban J connectivity index is 0.00000320. The average Bonchev–Trinajstić information content (AvgIpc) is 3.10. The monoisotopic (exact) mass is 528 g/mol. The van der Waals surface area contributed by atoms with Crippen LogP contribution in [-0.4, -0.2) is 48.6 Å². The molecule has 2 unspecified atom stereocenters. The first-order valence-electron chi connectivity index (χ1n) is 10.7. The molecule has 168 valence electrons. The van der Waals surface area contributed by atoms with E-state index in [0.29, 0.717) is 25.6 Å². The quantitative estimate of drug-likeness (QED) is 0.322. The lowest BCUT2D eigenvalue weighted by molar-refractivity contribution is -0.176. The van der Waals surface area contributed by atoms with Crippen LogP contribution in [0.3, 0.4) is 0 Å². The van der Waals surface area contributed by atoms with E-state index in [1.165, 1.54) is 5.56 Å². The van der Waals surface area contributed by atoms with Crippen LogP contribution in [0.2, 0.25) is 0 Å². The minimum Gasteiger partial charge on any atom is -0.378 e. The molecule has 1 aliphatic carbocycles. The maximum Gasteiger partial charge on any atom is 0.222 e. The highest BCUT2D eigenvalue weighted by atomic mass is 127. The summed E-state index contributed by atoms with van der Waals surface area (Å²) in [5, 5.41) is 6.95. The Bertz CT molecular complexity index is 767. The second-order valence-electron chi connectivity index (χ2n) is 8.99. The Morgan fingerprint density at radius 2 is 2.03 bits per heavy atom. The fraction of sp³-hybridized carbons (Fsp3) is 0.652. The van der Waals surface area contributed by atoms with Gasteiger partial charge in [-0.2, -0.15) is 0 Å². The minimum atomic E-state index is -0.108. The zero-order valence-corrected chi connectivity index (χ0v) is 21.3. The summed E-state index contributed by atoms with van der Waals surface area (Å²) in [6.45, 7) is 11.7. The molecule has 2 aliphatic rings. The smallest absolute Gasteiger partial charge is 0.222 e. The zero-order chi connectivity index (χ0) is 21.1. The van der Waals surface area contributed by atoms with Gasteiger partial charge in [-0.15, -0.1) is 24.0 Å². The molecule has 0 aromatic heterocycles. The summed E-state index contributed by atoms with van der Waals surface area (Å²) in [6, 6.07) is 8.72. The Kier molecular flexibility index (Phi) is 8.56. The molecule has 30 heavy (non-hydrogen) atoms. The van der Waals surface area contributed by atoms with Crippen molar-refractivity contribution in [1.82, 2.24) is 15.5 Å². The van der Waals surface area contributed by atoms with Gasteiger partial charge in [0.15, 0.2) is 5.96 Å². The molecule has 0 radical (unpaired) electrons. The number of hydrogen-bond donors (Lipinski definition) is 2. The number of carbonyl (C=O) groups is 1. The number of hydrogen-bond acceptors (Lipinski definition) is 3. The number of methoxy groups -OCH3 is 1. The van der Waals surface area contributed by atoms with Crippen LogP contribution in [0.25, 0.3) is 0 Å². The van der Waals surface area contributed by atoms with Crippen molar-refractivity contribution in [3.8, 4) is 0 Å². The molecule has 1 aromatic carbocycles. The first-order chi connectivity index (χ1) is 13.8. The molecule has 1 aromatic rings. The van der Waals surface area contributed by atoms with Crippen molar-refractivity contribution < 1.29 is 9.53 Å². The van der Waals surface area contributed by atoms with Crippen LogP contribution in [0.15, 0.2) is 29.3 Å². The topological polar surface area (TPSA) is 66.0 Å². The highest BCUT2D eigenvalue weighted by Crippen LogP contribution is 2.51. The number of aliphatic imine (C=N–C) groups is 1. The van der Waals surface area contributed by atoms with E-state index in [0.717, 1.165) is 37.5 Å². The first-order valence-corrected chi connectivity index (χ1v) is 10.7. The molecule has 0 bridgehead atoms. The van der Waals surface area contributed by atoms with Gasteiger partial charge < -0.3 is 20.3 Å². The summed E-state index contributed by atoms with van der Waals surface area (Å²) in [4.78, 5) is 18.6.